The maximum absolute atomic E-state index is 14.1. The summed E-state index contributed by atoms with van der Waals surface area (Å²) in [6, 6.07) is 25.7. The summed E-state index contributed by atoms with van der Waals surface area (Å²) in [5, 5.41) is 5.50. The smallest absolute Gasteiger partial charge is 0.153 e. The number of nitrogens with one attached hydrogen (secondary N) is 1. The highest BCUT2D eigenvalue weighted by Crippen LogP contribution is 2.35. The number of rotatable bonds is 7. The zero-order chi connectivity index (χ0) is 26.9. The predicted molar refractivity (Wildman–Crippen MR) is 165 cm³/mol. The van der Waals surface area contributed by atoms with Crippen LogP contribution in [0.25, 0.3) is 10.9 Å². The molecule has 0 spiro atoms. The van der Waals surface area contributed by atoms with Crippen molar-refractivity contribution in [1.82, 2.24) is 14.9 Å². The second-order valence-electron chi connectivity index (χ2n) is 10.4. The zero-order valence-corrected chi connectivity index (χ0v) is 24.3. The van der Waals surface area contributed by atoms with E-state index < -0.39 is 0 Å². The van der Waals surface area contributed by atoms with Gasteiger partial charge in [0.1, 0.15) is 5.82 Å². The van der Waals surface area contributed by atoms with Gasteiger partial charge in [0.15, 0.2) is 5.82 Å². The van der Waals surface area contributed by atoms with E-state index in [4.69, 9.17) is 16.6 Å². The van der Waals surface area contributed by atoms with Gasteiger partial charge in [-0.25, -0.2) is 9.37 Å². The van der Waals surface area contributed by atoms with Crippen LogP contribution in [0.4, 0.5) is 10.2 Å². The average Bonchev–Trinajstić information content (AvgIpc) is 3.17. The first kappa shape index (κ1) is 28.2. The van der Waals surface area contributed by atoms with Gasteiger partial charge in [-0.2, -0.15) is 0 Å². The van der Waals surface area contributed by atoms with Crippen molar-refractivity contribution in [2.75, 3.05) is 11.4 Å². The fourth-order valence-corrected chi connectivity index (χ4v) is 5.89. The molecule has 40 heavy (non-hydrogen) atoms. The molecule has 0 fully saturated rings. The Hall–Kier alpha value is -3.38. The third-order valence-electron chi connectivity index (χ3n) is 7.83. The molecule has 3 aromatic carbocycles. The largest absolute Gasteiger partial charge is 0.350 e. The highest BCUT2D eigenvalue weighted by Gasteiger charge is 2.24. The fraction of sp³-hybridized carbons (Fsp3) is 0.242. The molecule has 0 aliphatic carbocycles. The number of hydrogen-bond acceptors (Lipinski definition) is 3. The summed E-state index contributed by atoms with van der Waals surface area (Å²) in [4.78, 5) is 7.67. The standard InChI is InChI=1S/C33H32ClFN4.ClH/c1-22-23(2)39(20-25-8-6-12-29(35)16-25)32-31(22)17-30(19-36-18-24-7-5-11-28(34)15-24)37-33(32)38-14-13-26-9-3-4-10-27(26)21-38;/h3-12,15-17,36H,13-14,18-21H2,1-2H3;1H. The Labute approximate surface area is 246 Å². The first-order valence-corrected chi connectivity index (χ1v) is 13.8. The molecule has 7 heteroatoms. The van der Waals surface area contributed by atoms with Gasteiger partial charge in [-0.1, -0.05) is 60.1 Å². The van der Waals surface area contributed by atoms with E-state index in [0.717, 1.165) is 52.7 Å². The zero-order valence-electron chi connectivity index (χ0n) is 22.8. The molecule has 0 amide bonds. The summed E-state index contributed by atoms with van der Waals surface area (Å²) in [7, 11) is 0. The number of aryl methyl sites for hydroxylation is 1. The van der Waals surface area contributed by atoms with Crippen LogP contribution < -0.4 is 10.2 Å². The maximum Gasteiger partial charge on any atom is 0.153 e. The van der Waals surface area contributed by atoms with E-state index in [0.29, 0.717) is 19.6 Å². The van der Waals surface area contributed by atoms with Crippen LogP contribution in [0.2, 0.25) is 5.02 Å². The first-order valence-electron chi connectivity index (χ1n) is 13.5. The number of pyridine rings is 1. The van der Waals surface area contributed by atoms with Gasteiger partial charge in [0.25, 0.3) is 0 Å². The highest BCUT2D eigenvalue weighted by molar-refractivity contribution is 6.30. The third kappa shape index (κ3) is 5.73. The van der Waals surface area contributed by atoms with E-state index in [2.05, 4.69) is 65.0 Å². The van der Waals surface area contributed by atoms with Crippen molar-refractivity contribution in [3.63, 3.8) is 0 Å². The number of nitrogens with zero attached hydrogens (tertiary/aromatic N) is 3. The van der Waals surface area contributed by atoms with Crippen LogP contribution in [0.3, 0.4) is 0 Å². The quantitative estimate of drug-likeness (QED) is 0.215. The van der Waals surface area contributed by atoms with Crippen LogP contribution in [-0.2, 0) is 32.6 Å². The molecule has 0 unspecified atom stereocenters. The molecule has 2 aromatic heterocycles. The van der Waals surface area contributed by atoms with Crippen molar-refractivity contribution in [3.05, 3.63) is 129 Å². The summed E-state index contributed by atoms with van der Waals surface area (Å²) >= 11 is 6.18. The van der Waals surface area contributed by atoms with Crippen LogP contribution in [0.1, 0.15) is 39.2 Å². The van der Waals surface area contributed by atoms with Crippen LogP contribution in [0, 0.1) is 19.7 Å². The fourth-order valence-electron chi connectivity index (χ4n) is 5.68. The Balaban J connectivity index is 0.00000323. The summed E-state index contributed by atoms with van der Waals surface area (Å²) in [6.45, 7) is 8.01. The van der Waals surface area contributed by atoms with E-state index in [1.165, 1.54) is 33.8 Å². The lowest BCUT2D eigenvalue weighted by atomic mass is 10.00. The number of hydrogen-bond donors (Lipinski definition) is 1. The lowest BCUT2D eigenvalue weighted by Gasteiger charge is -2.31. The predicted octanol–water partition coefficient (Wildman–Crippen LogP) is 7.77. The molecular weight excluding hydrogens is 542 g/mol. The monoisotopic (exact) mass is 574 g/mol. The molecule has 1 N–H and O–H groups in total. The molecule has 6 rings (SSSR count). The van der Waals surface area contributed by atoms with Gasteiger partial charge in [0.2, 0.25) is 0 Å². The van der Waals surface area contributed by atoms with Gasteiger partial charge in [0.05, 0.1) is 11.2 Å². The van der Waals surface area contributed by atoms with E-state index in [9.17, 15) is 4.39 Å². The van der Waals surface area contributed by atoms with Gasteiger partial charge >= 0.3 is 0 Å². The third-order valence-corrected chi connectivity index (χ3v) is 8.07. The van der Waals surface area contributed by atoms with E-state index in [-0.39, 0.29) is 18.2 Å². The van der Waals surface area contributed by atoms with Gasteiger partial charge in [0, 0.05) is 48.8 Å². The normalized spacial score (nSPS) is 12.8. The number of halogens is 3. The lowest BCUT2D eigenvalue weighted by molar-refractivity contribution is 0.623. The van der Waals surface area contributed by atoms with E-state index >= 15 is 0 Å². The van der Waals surface area contributed by atoms with Crippen LogP contribution >= 0.6 is 24.0 Å². The van der Waals surface area contributed by atoms with Crippen LogP contribution in [-0.4, -0.2) is 16.1 Å². The molecule has 206 valence electrons. The van der Waals surface area contributed by atoms with Crippen molar-refractivity contribution >= 4 is 40.7 Å². The molecule has 0 bridgehead atoms. The average molecular weight is 576 g/mol. The minimum absolute atomic E-state index is 0. The molecule has 1 aliphatic rings. The van der Waals surface area contributed by atoms with Crippen molar-refractivity contribution in [2.24, 2.45) is 0 Å². The van der Waals surface area contributed by atoms with Gasteiger partial charge < -0.3 is 14.8 Å². The number of aromatic nitrogens is 2. The van der Waals surface area contributed by atoms with Crippen molar-refractivity contribution < 1.29 is 4.39 Å². The highest BCUT2D eigenvalue weighted by atomic mass is 35.5. The molecule has 4 nitrogen and oxygen atoms in total. The Morgan fingerprint density at radius 3 is 2.48 bits per heavy atom. The molecule has 1 aliphatic heterocycles. The second kappa shape index (κ2) is 12.0. The Morgan fingerprint density at radius 2 is 1.68 bits per heavy atom. The van der Waals surface area contributed by atoms with Crippen LogP contribution in [0.15, 0.2) is 78.9 Å². The van der Waals surface area contributed by atoms with Crippen LogP contribution in [0.5, 0.6) is 0 Å². The lowest BCUT2D eigenvalue weighted by Crippen LogP contribution is -2.32. The maximum atomic E-state index is 14.1. The summed E-state index contributed by atoms with van der Waals surface area (Å²) < 4.78 is 16.4. The summed E-state index contributed by atoms with van der Waals surface area (Å²) in [5.41, 5.74) is 9.38. The molecule has 0 atom stereocenters. The first-order chi connectivity index (χ1) is 19.0. The molecule has 0 saturated carbocycles. The van der Waals surface area contributed by atoms with Crippen molar-refractivity contribution in [3.8, 4) is 0 Å². The second-order valence-corrected chi connectivity index (χ2v) is 10.9. The van der Waals surface area contributed by atoms with Crippen molar-refractivity contribution in [1.29, 1.82) is 0 Å². The SMILES string of the molecule is Cc1c(C)n(Cc2cccc(F)c2)c2c(N3CCc4ccccc4C3)nc(CNCc3cccc(Cl)c3)cc12.Cl. The molecule has 0 radical (unpaired) electrons. The molecular formula is C33H33Cl2FN4. The van der Waals surface area contributed by atoms with E-state index in [1.807, 2.05) is 24.3 Å². The molecule has 3 heterocycles. The Kier molecular flexibility index (Phi) is 8.46. The van der Waals surface area contributed by atoms with Gasteiger partial charge in [-0.3, -0.25) is 0 Å². The molecule has 5 aromatic rings. The number of benzene rings is 3. The van der Waals surface area contributed by atoms with Gasteiger partial charge in [-0.05, 0) is 78.4 Å². The molecule has 0 saturated heterocycles. The van der Waals surface area contributed by atoms with Crippen molar-refractivity contribution in [2.45, 2.75) is 46.4 Å². The minimum atomic E-state index is -0.211. The number of fused-ring (bicyclic) bond motifs is 2. The summed E-state index contributed by atoms with van der Waals surface area (Å²) in [6.07, 6.45) is 0.985. The Bertz CT molecular complexity index is 1660. The van der Waals surface area contributed by atoms with Gasteiger partial charge in [-0.15, -0.1) is 12.4 Å². The summed E-state index contributed by atoms with van der Waals surface area (Å²) in [5.74, 6) is 0.784. The van der Waals surface area contributed by atoms with E-state index in [1.54, 1.807) is 12.1 Å². The Morgan fingerprint density at radius 1 is 0.900 bits per heavy atom. The topological polar surface area (TPSA) is 33.1 Å². The minimum Gasteiger partial charge on any atom is -0.350 e. The number of anilines is 1.